The second-order valence-electron chi connectivity index (χ2n) is 6.16. The Labute approximate surface area is 123 Å². The largest absolute Gasteiger partial charge is 0.495 e. The lowest BCUT2D eigenvalue weighted by Gasteiger charge is -2.29. The molecule has 1 atom stereocenters. The first-order valence-electron chi connectivity index (χ1n) is 6.53. The van der Waals surface area contributed by atoms with E-state index in [-0.39, 0.29) is 11.0 Å². The molecule has 2 rings (SSSR count). The number of methoxy groups -OCH3 is 2. The predicted molar refractivity (Wildman–Crippen MR) is 80.7 cm³/mol. The first kappa shape index (κ1) is 14.7. The molecule has 4 heteroatoms. The number of hydrogen-bond acceptors (Lipinski definition) is 3. The predicted octanol–water partition coefficient (Wildman–Crippen LogP) is 3.83. The zero-order chi connectivity index (χ0) is 14.3. The summed E-state index contributed by atoms with van der Waals surface area (Å²) in [5.41, 5.74) is 7.68. The summed E-state index contributed by atoms with van der Waals surface area (Å²) in [7, 11) is 3.32. The van der Waals surface area contributed by atoms with Crippen molar-refractivity contribution in [3.8, 4) is 11.5 Å². The topological polar surface area (TPSA) is 44.5 Å². The van der Waals surface area contributed by atoms with Gasteiger partial charge in [0, 0.05) is 11.1 Å². The average molecular weight is 328 g/mol. The first-order chi connectivity index (χ1) is 8.83. The van der Waals surface area contributed by atoms with E-state index in [9.17, 15) is 0 Å². The molecule has 0 aliphatic heterocycles. The van der Waals surface area contributed by atoms with E-state index in [1.54, 1.807) is 14.2 Å². The van der Waals surface area contributed by atoms with Gasteiger partial charge in [-0.3, -0.25) is 0 Å². The second kappa shape index (κ2) is 4.98. The van der Waals surface area contributed by atoms with Crippen molar-refractivity contribution in [2.75, 3.05) is 14.2 Å². The smallest absolute Gasteiger partial charge is 0.141 e. The van der Waals surface area contributed by atoms with E-state index in [0.717, 1.165) is 40.8 Å². The van der Waals surface area contributed by atoms with Gasteiger partial charge < -0.3 is 15.2 Å². The molecule has 19 heavy (non-hydrogen) atoms. The standard InChI is InChI=1S/C15H22BrNO2/c1-14(2)7-8-15(17,9-14)10-5-6-11(18-3)12(16)13(10)19-4/h5-6H,7-9,17H2,1-4H3. The van der Waals surface area contributed by atoms with Gasteiger partial charge in [-0.05, 0) is 52.7 Å². The van der Waals surface area contributed by atoms with Crippen molar-refractivity contribution in [1.29, 1.82) is 0 Å². The van der Waals surface area contributed by atoms with Crippen molar-refractivity contribution < 1.29 is 9.47 Å². The summed E-state index contributed by atoms with van der Waals surface area (Å²) < 4.78 is 11.7. The number of ether oxygens (including phenoxy) is 2. The third kappa shape index (κ3) is 2.61. The lowest BCUT2D eigenvalue weighted by molar-refractivity contribution is 0.326. The first-order valence-corrected chi connectivity index (χ1v) is 7.32. The molecule has 0 amide bonds. The molecule has 1 saturated carbocycles. The minimum Gasteiger partial charge on any atom is -0.495 e. The molecule has 1 unspecified atom stereocenters. The van der Waals surface area contributed by atoms with Crippen LogP contribution < -0.4 is 15.2 Å². The maximum Gasteiger partial charge on any atom is 0.141 e. The van der Waals surface area contributed by atoms with E-state index in [4.69, 9.17) is 15.2 Å². The van der Waals surface area contributed by atoms with Gasteiger partial charge in [0.25, 0.3) is 0 Å². The molecule has 1 fully saturated rings. The summed E-state index contributed by atoms with van der Waals surface area (Å²) in [5, 5.41) is 0. The zero-order valence-electron chi connectivity index (χ0n) is 12.0. The van der Waals surface area contributed by atoms with E-state index < -0.39 is 0 Å². The normalized spacial score (nSPS) is 25.4. The van der Waals surface area contributed by atoms with Crippen LogP contribution in [-0.2, 0) is 5.54 Å². The molecule has 0 spiro atoms. The van der Waals surface area contributed by atoms with E-state index in [0.29, 0.717) is 0 Å². The molecule has 0 heterocycles. The maximum absolute atomic E-state index is 6.65. The molecule has 2 N–H and O–H groups in total. The van der Waals surface area contributed by atoms with Crippen LogP contribution in [0.25, 0.3) is 0 Å². The van der Waals surface area contributed by atoms with Gasteiger partial charge in [-0.15, -0.1) is 0 Å². The fourth-order valence-electron chi connectivity index (χ4n) is 3.11. The van der Waals surface area contributed by atoms with Crippen LogP contribution in [0.5, 0.6) is 11.5 Å². The Morgan fingerprint density at radius 3 is 2.32 bits per heavy atom. The molecule has 0 radical (unpaired) electrons. The van der Waals surface area contributed by atoms with Crippen molar-refractivity contribution in [1.82, 2.24) is 0 Å². The zero-order valence-corrected chi connectivity index (χ0v) is 13.6. The highest BCUT2D eigenvalue weighted by Gasteiger charge is 2.43. The summed E-state index contributed by atoms with van der Waals surface area (Å²) in [5.74, 6) is 1.56. The van der Waals surface area contributed by atoms with Gasteiger partial charge in [-0.2, -0.15) is 0 Å². The lowest BCUT2D eigenvalue weighted by Crippen LogP contribution is -2.35. The third-order valence-corrected chi connectivity index (χ3v) is 4.81. The van der Waals surface area contributed by atoms with Crippen LogP contribution in [0.2, 0.25) is 0 Å². The highest BCUT2D eigenvalue weighted by molar-refractivity contribution is 9.10. The minimum atomic E-state index is -0.316. The Kier molecular flexibility index (Phi) is 3.85. The van der Waals surface area contributed by atoms with Crippen LogP contribution in [0.4, 0.5) is 0 Å². The van der Waals surface area contributed by atoms with Gasteiger partial charge in [0.1, 0.15) is 16.0 Å². The van der Waals surface area contributed by atoms with Crippen molar-refractivity contribution in [2.45, 2.75) is 38.6 Å². The monoisotopic (exact) mass is 327 g/mol. The summed E-state index contributed by atoms with van der Waals surface area (Å²) >= 11 is 3.55. The van der Waals surface area contributed by atoms with Gasteiger partial charge in [-0.25, -0.2) is 0 Å². The minimum absolute atomic E-state index is 0.284. The highest BCUT2D eigenvalue weighted by Crippen LogP contribution is 2.51. The average Bonchev–Trinajstić information content (AvgIpc) is 2.64. The van der Waals surface area contributed by atoms with Crippen LogP contribution in [0.3, 0.4) is 0 Å². The third-order valence-electron chi connectivity index (χ3n) is 4.06. The van der Waals surface area contributed by atoms with E-state index >= 15 is 0 Å². The molecule has 1 aromatic rings. The van der Waals surface area contributed by atoms with E-state index in [1.807, 2.05) is 12.1 Å². The van der Waals surface area contributed by atoms with Gasteiger partial charge in [0.15, 0.2) is 0 Å². The molecule has 3 nitrogen and oxygen atoms in total. The van der Waals surface area contributed by atoms with Crippen molar-refractivity contribution in [3.05, 3.63) is 22.2 Å². The molecule has 0 saturated heterocycles. The fourth-order valence-corrected chi connectivity index (χ4v) is 3.78. The maximum atomic E-state index is 6.65. The molecular formula is C15H22BrNO2. The SMILES string of the molecule is COc1ccc(C2(N)CCC(C)(C)C2)c(OC)c1Br. The van der Waals surface area contributed by atoms with Crippen molar-refractivity contribution in [3.63, 3.8) is 0 Å². The second-order valence-corrected chi connectivity index (χ2v) is 6.95. The van der Waals surface area contributed by atoms with Crippen molar-refractivity contribution in [2.24, 2.45) is 11.1 Å². The number of benzene rings is 1. The summed E-state index contributed by atoms with van der Waals surface area (Å²) in [6.45, 7) is 4.54. The summed E-state index contributed by atoms with van der Waals surface area (Å²) in [6.07, 6.45) is 3.08. The Bertz CT molecular complexity index is 487. The molecule has 106 valence electrons. The Hall–Kier alpha value is -0.740. The van der Waals surface area contributed by atoms with Crippen LogP contribution in [0, 0.1) is 5.41 Å². The summed E-state index contributed by atoms with van der Waals surface area (Å²) in [6, 6.07) is 3.98. The number of halogens is 1. The Morgan fingerprint density at radius 2 is 1.84 bits per heavy atom. The van der Waals surface area contributed by atoms with Crippen molar-refractivity contribution >= 4 is 15.9 Å². The van der Waals surface area contributed by atoms with Gasteiger partial charge in [-0.1, -0.05) is 13.8 Å². The number of rotatable bonds is 3. The lowest BCUT2D eigenvalue weighted by atomic mass is 9.83. The quantitative estimate of drug-likeness (QED) is 0.917. The van der Waals surface area contributed by atoms with Crippen LogP contribution in [0.15, 0.2) is 16.6 Å². The van der Waals surface area contributed by atoms with Gasteiger partial charge >= 0.3 is 0 Å². The molecule has 1 aliphatic carbocycles. The molecule has 1 aromatic carbocycles. The fraction of sp³-hybridized carbons (Fsp3) is 0.600. The van der Waals surface area contributed by atoms with Gasteiger partial charge in [0.2, 0.25) is 0 Å². The van der Waals surface area contributed by atoms with E-state index in [2.05, 4.69) is 29.8 Å². The number of hydrogen-bond donors (Lipinski definition) is 1. The van der Waals surface area contributed by atoms with Gasteiger partial charge in [0.05, 0.1) is 14.2 Å². The molecule has 0 bridgehead atoms. The Balaban J connectivity index is 2.49. The van der Waals surface area contributed by atoms with Crippen LogP contribution >= 0.6 is 15.9 Å². The molecular weight excluding hydrogens is 306 g/mol. The highest BCUT2D eigenvalue weighted by atomic mass is 79.9. The van der Waals surface area contributed by atoms with Crippen LogP contribution in [-0.4, -0.2) is 14.2 Å². The number of nitrogens with two attached hydrogens (primary N) is 1. The molecule has 1 aliphatic rings. The van der Waals surface area contributed by atoms with E-state index in [1.165, 1.54) is 0 Å². The van der Waals surface area contributed by atoms with Crippen LogP contribution in [0.1, 0.15) is 38.7 Å². The molecule has 0 aromatic heterocycles. The summed E-state index contributed by atoms with van der Waals surface area (Å²) in [4.78, 5) is 0. The Morgan fingerprint density at radius 1 is 1.16 bits per heavy atom.